The standard InChI is InChI=1S/C12H19ClN2O2S/c13-5-9-8-18-12(14-9)3-1-2-4-15-6-10(16)11(17)7-15/h8,10-11,16-17H,1-7H2. The Labute approximate surface area is 116 Å². The second kappa shape index (κ2) is 6.82. The number of aryl methyl sites for hydroxylation is 1. The van der Waals surface area contributed by atoms with E-state index in [-0.39, 0.29) is 0 Å². The summed E-state index contributed by atoms with van der Waals surface area (Å²) < 4.78 is 0. The molecule has 0 aromatic carbocycles. The maximum atomic E-state index is 9.42. The lowest BCUT2D eigenvalue weighted by Gasteiger charge is -2.13. The monoisotopic (exact) mass is 290 g/mol. The first-order valence-electron chi connectivity index (χ1n) is 6.26. The van der Waals surface area contributed by atoms with Crippen LogP contribution in [0.5, 0.6) is 0 Å². The van der Waals surface area contributed by atoms with E-state index in [9.17, 15) is 10.2 Å². The molecule has 1 aliphatic rings. The number of rotatable bonds is 6. The normalized spacial score (nSPS) is 24.8. The van der Waals surface area contributed by atoms with E-state index in [1.54, 1.807) is 11.3 Å². The summed E-state index contributed by atoms with van der Waals surface area (Å²) in [5, 5.41) is 22.0. The Kier molecular flexibility index (Phi) is 5.38. The van der Waals surface area contributed by atoms with E-state index in [1.165, 1.54) is 0 Å². The van der Waals surface area contributed by atoms with Crippen molar-refractivity contribution in [3.63, 3.8) is 0 Å². The fraction of sp³-hybridized carbons (Fsp3) is 0.750. The van der Waals surface area contributed by atoms with Crippen LogP contribution in [-0.2, 0) is 12.3 Å². The summed E-state index contributed by atoms with van der Waals surface area (Å²) in [6.45, 7) is 2.12. The predicted octanol–water partition coefficient (Wildman–Crippen LogP) is 1.24. The third-order valence-electron chi connectivity index (χ3n) is 3.19. The SMILES string of the molecule is OC1CN(CCCCc2nc(CCl)cs2)CC1O. The van der Waals surface area contributed by atoms with E-state index in [2.05, 4.69) is 9.88 Å². The topological polar surface area (TPSA) is 56.6 Å². The molecule has 0 radical (unpaired) electrons. The molecule has 2 unspecified atom stereocenters. The number of β-amino-alcohol motifs (C(OH)–C–C–N with tert-alkyl or cyclic N) is 2. The maximum Gasteiger partial charge on any atom is 0.0938 e. The quantitative estimate of drug-likeness (QED) is 0.611. The van der Waals surface area contributed by atoms with E-state index < -0.39 is 12.2 Å². The minimum absolute atomic E-state index is 0.486. The Hall–Kier alpha value is -0.200. The van der Waals surface area contributed by atoms with Crippen molar-refractivity contribution in [3.8, 4) is 0 Å². The van der Waals surface area contributed by atoms with Crippen LogP contribution < -0.4 is 0 Å². The van der Waals surface area contributed by atoms with E-state index in [0.29, 0.717) is 19.0 Å². The lowest BCUT2D eigenvalue weighted by Crippen LogP contribution is -2.23. The lowest BCUT2D eigenvalue weighted by molar-refractivity contribution is 0.0572. The van der Waals surface area contributed by atoms with Gasteiger partial charge in [-0.2, -0.15) is 0 Å². The molecular weight excluding hydrogens is 272 g/mol. The second-order valence-corrected chi connectivity index (χ2v) is 5.93. The minimum Gasteiger partial charge on any atom is -0.389 e. The van der Waals surface area contributed by atoms with Gasteiger partial charge < -0.3 is 10.2 Å². The molecule has 2 atom stereocenters. The average Bonchev–Trinajstić information content (AvgIpc) is 2.93. The third-order valence-corrected chi connectivity index (χ3v) is 4.42. The fourth-order valence-electron chi connectivity index (χ4n) is 2.17. The Morgan fingerprint density at radius 2 is 2.06 bits per heavy atom. The molecule has 2 rings (SSSR count). The average molecular weight is 291 g/mol. The van der Waals surface area contributed by atoms with E-state index in [1.807, 2.05) is 5.38 Å². The van der Waals surface area contributed by atoms with Gasteiger partial charge in [-0.05, 0) is 25.8 Å². The Morgan fingerprint density at radius 1 is 1.33 bits per heavy atom. The van der Waals surface area contributed by atoms with Crippen LogP contribution in [0.1, 0.15) is 23.5 Å². The number of hydrogen-bond acceptors (Lipinski definition) is 5. The van der Waals surface area contributed by atoms with Crippen LogP contribution in [0, 0.1) is 0 Å². The summed E-state index contributed by atoms with van der Waals surface area (Å²) >= 11 is 7.37. The van der Waals surface area contributed by atoms with Gasteiger partial charge in [0.15, 0.2) is 0 Å². The minimum atomic E-state index is -0.574. The van der Waals surface area contributed by atoms with E-state index in [4.69, 9.17) is 11.6 Å². The number of likely N-dealkylation sites (tertiary alicyclic amines) is 1. The van der Waals surface area contributed by atoms with Crippen LogP contribution in [0.2, 0.25) is 0 Å². The number of hydrogen-bond donors (Lipinski definition) is 2. The van der Waals surface area contributed by atoms with Gasteiger partial charge in [0.2, 0.25) is 0 Å². The summed E-state index contributed by atoms with van der Waals surface area (Å²) in [7, 11) is 0. The molecule has 18 heavy (non-hydrogen) atoms. The highest BCUT2D eigenvalue weighted by molar-refractivity contribution is 7.09. The number of halogens is 1. The molecule has 1 aromatic rings. The number of alkyl halides is 1. The maximum absolute atomic E-state index is 9.42. The highest BCUT2D eigenvalue weighted by Gasteiger charge is 2.28. The van der Waals surface area contributed by atoms with Crippen LogP contribution in [0.15, 0.2) is 5.38 Å². The van der Waals surface area contributed by atoms with Crippen molar-refractivity contribution in [1.82, 2.24) is 9.88 Å². The first-order chi connectivity index (χ1) is 8.69. The van der Waals surface area contributed by atoms with Gasteiger partial charge in [0, 0.05) is 18.5 Å². The van der Waals surface area contributed by atoms with Crippen molar-refractivity contribution in [2.45, 2.75) is 37.4 Å². The molecule has 1 fully saturated rings. The molecule has 1 saturated heterocycles. The van der Waals surface area contributed by atoms with Crippen LogP contribution in [0.25, 0.3) is 0 Å². The van der Waals surface area contributed by atoms with E-state index >= 15 is 0 Å². The summed E-state index contributed by atoms with van der Waals surface area (Å²) in [6.07, 6.45) is 1.98. The molecule has 0 amide bonds. The first-order valence-corrected chi connectivity index (χ1v) is 7.68. The molecule has 0 bridgehead atoms. The van der Waals surface area contributed by atoms with Crippen LogP contribution in [0.4, 0.5) is 0 Å². The fourth-order valence-corrected chi connectivity index (χ4v) is 3.23. The second-order valence-electron chi connectivity index (χ2n) is 4.72. The molecule has 1 aromatic heterocycles. The Bertz CT molecular complexity index is 365. The molecule has 2 N–H and O–H groups in total. The molecule has 6 heteroatoms. The summed E-state index contributed by atoms with van der Waals surface area (Å²) in [4.78, 5) is 6.53. The number of unbranched alkanes of at least 4 members (excludes halogenated alkanes) is 1. The molecule has 0 aliphatic carbocycles. The first kappa shape index (κ1) is 14.2. The highest BCUT2D eigenvalue weighted by atomic mass is 35.5. The van der Waals surface area contributed by atoms with Gasteiger partial charge in [-0.15, -0.1) is 22.9 Å². The molecule has 1 aliphatic heterocycles. The molecule has 0 saturated carbocycles. The predicted molar refractivity (Wildman–Crippen MR) is 73.1 cm³/mol. The lowest BCUT2D eigenvalue weighted by atomic mass is 10.2. The van der Waals surface area contributed by atoms with E-state index in [0.717, 1.165) is 36.5 Å². The molecule has 0 spiro atoms. The van der Waals surface area contributed by atoms with Gasteiger partial charge in [-0.1, -0.05) is 0 Å². The van der Waals surface area contributed by atoms with Gasteiger partial charge >= 0.3 is 0 Å². The van der Waals surface area contributed by atoms with Crippen molar-refractivity contribution >= 4 is 22.9 Å². The number of aliphatic hydroxyl groups is 2. The number of thiazole rings is 1. The zero-order valence-electron chi connectivity index (χ0n) is 10.3. The van der Waals surface area contributed by atoms with Gasteiger partial charge in [0.25, 0.3) is 0 Å². The van der Waals surface area contributed by atoms with Crippen LogP contribution in [0.3, 0.4) is 0 Å². The van der Waals surface area contributed by atoms with Crippen molar-refractivity contribution < 1.29 is 10.2 Å². The molecular formula is C12H19ClN2O2S. The highest BCUT2D eigenvalue weighted by Crippen LogP contribution is 2.15. The Morgan fingerprint density at radius 3 is 2.67 bits per heavy atom. The zero-order chi connectivity index (χ0) is 13.0. The van der Waals surface area contributed by atoms with Gasteiger partial charge in [0.05, 0.1) is 28.8 Å². The number of aliphatic hydroxyl groups excluding tert-OH is 2. The summed E-state index contributed by atoms with van der Waals surface area (Å²) in [5.74, 6) is 0.486. The molecule has 2 heterocycles. The van der Waals surface area contributed by atoms with Gasteiger partial charge in [0.1, 0.15) is 0 Å². The molecule has 4 nitrogen and oxygen atoms in total. The van der Waals surface area contributed by atoms with Crippen LogP contribution in [-0.4, -0.2) is 51.9 Å². The number of aromatic nitrogens is 1. The summed E-state index contributed by atoms with van der Waals surface area (Å²) in [6, 6.07) is 0. The van der Waals surface area contributed by atoms with Crippen molar-refractivity contribution in [2.24, 2.45) is 0 Å². The van der Waals surface area contributed by atoms with Gasteiger partial charge in [-0.3, -0.25) is 4.90 Å². The zero-order valence-corrected chi connectivity index (χ0v) is 11.8. The van der Waals surface area contributed by atoms with Crippen molar-refractivity contribution in [2.75, 3.05) is 19.6 Å². The smallest absolute Gasteiger partial charge is 0.0938 e. The van der Waals surface area contributed by atoms with Crippen molar-refractivity contribution in [1.29, 1.82) is 0 Å². The number of nitrogens with zero attached hydrogens (tertiary/aromatic N) is 2. The molecule has 102 valence electrons. The van der Waals surface area contributed by atoms with Crippen molar-refractivity contribution in [3.05, 3.63) is 16.1 Å². The largest absolute Gasteiger partial charge is 0.389 e. The van der Waals surface area contributed by atoms with Gasteiger partial charge in [-0.25, -0.2) is 4.98 Å². The third kappa shape index (κ3) is 3.90. The Balaban J connectivity index is 1.61. The summed E-state index contributed by atoms with van der Waals surface area (Å²) in [5.41, 5.74) is 0.961. The van der Waals surface area contributed by atoms with Crippen LogP contribution >= 0.6 is 22.9 Å².